The predicted octanol–water partition coefficient (Wildman–Crippen LogP) is 16.0. The molecule has 10 atom stereocenters. The fraction of sp³-hybridized carbons (Fsp3) is 0.636. The Balaban J connectivity index is 0.000000178. The SMILES string of the molecule is CCCCCC.Cc1ccc(S(=O)(=O)N[C@@H]2CC[C@]3(C)[C@H](CC[C@]4(C)c5cccc(C)c5CC[C@@H]34)C2(C)C)cc1.Cc1ccc(S(=O)(=O)N[C@H]2CC[C@]3(C)[C@H]4CCc5c(C)cccc5[C@]4(C)CC[C@H]3C2(C)C)cc1. The van der Waals surface area contributed by atoms with E-state index < -0.39 is 20.0 Å². The largest absolute Gasteiger partial charge is 0.240 e. The highest BCUT2D eigenvalue weighted by Gasteiger charge is 2.63. The fourth-order valence-electron chi connectivity index (χ4n) is 17.6. The third-order valence-corrected chi connectivity index (χ3v) is 24.8. The van der Waals surface area contributed by atoms with Gasteiger partial charge in [0.1, 0.15) is 0 Å². The first-order valence-electron chi connectivity index (χ1n) is 29.1. The Bertz CT molecular complexity index is 2660. The Morgan fingerprint density at radius 3 is 1.14 bits per heavy atom. The van der Waals surface area contributed by atoms with E-state index in [-0.39, 0.29) is 44.6 Å². The van der Waals surface area contributed by atoms with Crippen LogP contribution in [-0.4, -0.2) is 28.9 Å². The maximum Gasteiger partial charge on any atom is 0.240 e. The molecule has 4 fully saturated rings. The van der Waals surface area contributed by atoms with Crippen molar-refractivity contribution >= 4 is 20.0 Å². The van der Waals surface area contributed by atoms with E-state index in [1.165, 1.54) is 75.3 Å². The molecule has 2 N–H and O–H groups in total. The molecular weight excluding hydrogens is 949 g/mol. The molecule has 6 nitrogen and oxygen atoms in total. The molecule has 74 heavy (non-hydrogen) atoms. The minimum Gasteiger partial charge on any atom is -0.208 e. The van der Waals surface area contributed by atoms with Gasteiger partial charge in [-0.3, -0.25) is 0 Å². The highest BCUT2D eigenvalue weighted by molar-refractivity contribution is 7.89. The lowest BCUT2D eigenvalue weighted by molar-refractivity contribution is -0.120. The summed E-state index contributed by atoms with van der Waals surface area (Å²) in [4.78, 5) is 0.746. The second-order valence-electron chi connectivity index (χ2n) is 26.8. The van der Waals surface area contributed by atoms with Gasteiger partial charge in [0.15, 0.2) is 0 Å². The van der Waals surface area contributed by atoms with E-state index >= 15 is 0 Å². The van der Waals surface area contributed by atoms with Gasteiger partial charge in [0.25, 0.3) is 0 Å². The van der Waals surface area contributed by atoms with Crippen LogP contribution in [-0.2, 0) is 43.7 Å². The zero-order valence-electron chi connectivity index (χ0n) is 48.3. The van der Waals surface area contributed by atoms with Gasteiger partial charge in [-0.25, -0.2) is 26.3 Å². The van der Waals surface area contributed by atoms with Gasteiger partial charge in [0.05, 0.1) is 9.79 Å². The first-order valence-corrected chi connectivity index (χ1v) is 32.0. The molecule has 10 rings (SSSR count). The van der Waals surface area contributed by atoms with Crippen LogP contribution in [0, 0.1) is 73.0 Å². The van der Waals surface area contributed by atoms with E-state index in [1.54, 1.807) is 46.5 Å². The van der Waals surface area contributed by atoms with E-state index in [0.29, 0.717) is 33.5 Å². The van der Waals surface area contributed by atoms with Crippen LogP contribution in [0.2, 0.25) is 0 Å². The maximum atomic E-state index is 13.3. The number of fused-ring (bicyclic) bond motifs is 10. The Kier molecular flexibility index (Phi) is 16.3. The molecule has 406 valence electrons. The number of benzene rings is 4. The van der Waals surface area contributed by atoms with Crippen molar-refractivity contribution in [3.8, 4) is 0 Å². The van der Waals surface area contributed by atoms with Crippen molar-refractivity contribution in [3.05, 3.63) is 129 Å². The predicted molar refractivity (Wildman–Crippen MR) is 309 cm³/mol. The minimum absolute atomic E-state index is 0.0423. The van der Waals surface area contributed by atoms with Crippen molar-refractivity contribution in [2.75, 3.05) is 0 Å². The number of aryl methyl sites for hydroxylation is 4. The van der Waals surface area contributed by atoms with Crippen LogP contribution in [0.1, 0.15) is 204 Å². The molecule has 6 aliphatic rings. The van der Waals surface area contributed by atoms with E-state index in [9.17, 15) is 16.8 Å². The summed E-state index contributed by atoms with van der Waals surface area (Å²) in [6.07, 6.45) is 19.1. The Morgan fingerprint density at radius 2 is 0.797 bits per heavy atom. The third-order valence-electron chi connectivity index (χ3n) is 21.8. The van der Waals surface area contributed by atoms with Gasteiger partial charge in [-0.2, -0.15) is 0 Å². The molecule has 0 bridgehead atoms. The molecule has 0 heterocycles. The number of nitrogens with one attached hydrogen (secondary N) is 2. The van der Waals surface area contributed by atoms with Crippen molar-refractivity contribution in [1.82, 2.24) is 9.44 Å². The molecular formula is C66H96N2O4S2. The first kappa shape index (κ1) is 56.9. The second-order valence-corrected chi connectivity index (χ2v) is 30.2. The zero-order chi connectivity index (χ0) is 53.9. The van der Waals surface area contributed by atoms with Crippen LogP contribution in [0.25, 0.3) is 0 Å². The van der Waals surface area contributed by atoms with Crippen LogP contribution in [0.3, 0.4) is 0 Å². The molecule has 6 aliphatic carbocycles. The minimum atomic E-state index is -3.54. The maximum absolute atomic E-state index is 13.3. The van der Waals surface area contributed by atoms with Gasteiger partial charge in [-0.1, -0.05) is 167 Å². The number of rotatable bonds is 9. The van der Waals surface area contributed by atoms with Gasteiger partial charge in [0.2, 0.25) is 20.0 Å². The molecule has 0 amide bonds. The molecule has 4 aromatic carbocycles. The summed E-state index contributed by atoms with van der Waals surface area (Å²) in [6.45, 7) is 32.4. The Hall–Kier alpha value is -3.30. The molecule has 0 spiro atoms. The van der Waals surface area contributed by atoms with Gasteiger partial charge in [0, 0.05) is 12.1 Å². The lowest BCUT2D eigenvalue weighted by Crippen LogP contribution is -2.63. The average molecular weight is 1050 g/mol. The summed E-state index contributed by atoms with van der Waals surface area (Å²) in [5.41, 5.74) is 12.1. The molecule has 0 aliphatic heterocycles. The topological polar surface area (TPSA) is 92.3 Å². The number of unbranched alkanes of at least 4 members (excludes halogenated alkanes) is 3. The number of hydrogen-bond donors (Lipinski definition) is 2. The van der Waals surface area contributed by atoms with E-state index in [2.05, 4.69) is 129 Å². The van der Waals surface area contributed by atoms with E-state index in [0.717, 1.165) is 49.7 Å². The highest BCUT2D eigenvalue weighted by atomic mass is 32.2. The van der Waals surface area contributed by atoms with Gasteiger partial charge >= 0.3 is 0 Å². The quantitative estimate of drug-likeness (QED) is 0.163. The van der Waals surface area contributed by atoms with Gasteiger partial charge in [-0.05, 0) is 219 Å². The first-order chi connectivity index (χ1) is 34.7. The van der Waals surface area contributed by atoms with Crippen LogP contribution in [0.4, 0.5) is 0 Å². The van der Waals surface area contributed by atoms with Crippen molar-refractivity contribution in [2.24, 2.45) is 45.3 Å². The average Bonchev–Trinajstić information content (AvgIpc) is 3.33. The van der Waals surface area contributed by atoms with E-state index in [1.807, 2.05) is 38.1 Å². The van der Waals surface area contributed by atoms with E-state index in [4.69, 9.17) is 0 Å². The summed E-state index contributed by atoms with van der Waals surface area (Å²) < 4.78 is 59.4. The fourth-order valence-corrected chi connectivity index (χ4v) is 20.5. The van der Waals surface area contributed by atoms with Crippen molar-refractivity contribution < 1.29 is 16.8 Å². The lowest BCUT2D eigenvalue weighted by Gasteiger charge is -2.65. The van der Waals surface area contributed by atoms with Crippen LogP contribution in [0.5, 0.6) is 0 Å². The standard InChI is InChI=1S/2C30H41NO2S.C6H14/c2*1-20-10-12-22(13-11-20)34(32,33)31-27-17-19-30(6)25(28(27,3)4)16-18-29(5)24-9-7-8-21(2)23(24)14-15-26(29)30;1-3-5-6-4-2/h2*7-13,25-27,31H,14-19H2,1-6H3;3-6H2,1-2H3/t2*25-,26-,27-,29-,30-;/m10./s1. The molecule has 4 aromatic rings. The molecule has 0 unspecified atom stereocenters. The second kappa shape index (κ2) is 21.2. The van der Waals surface area contributed by atoms with Crippen LogP contribution in [0.15, 0.2) is 94.7 Å². The van der Waals surface area contributed by atoms with Crippen LogP contribution < -0.4 is 9.44 Å². The Labute approximate surface area is 451 Å². The normalized spacial score (nSPS) is 32.5. The molecule has 0 saturated heterocycles. The molecule has 0 aromatic heterocycles. The summed E-state index contributed by atoms with van der Waals surface area (Å²) in [5.74, 6) is 2.29. The number of sulfonamides is 2. The lowest BCUT2D eigenvalue weighted by atomic mass is 9.40. The van der Waals surface area contributed by atoms with Crippen LogP contribution >= 0.6 is 0 Å². The summed E-state index contributed by atoms with van der Waals surface area (Å²) in [5, 5.41) is 0. The summed E-state index contributed by atoms with van der Waals surface area (Å²) in [7, 11) is -7.07. The molecule has 8 heteroatoms. The molecule has 4 saturated carbocycles. The van der Waals surface area contributed by atoms with Crippen molar-refractivity contribution in [3.63, 3.8) is 0 Å². The smallest absolute Gasteiger partial charge is 0.208 e. The highest BCUT2D eigenvalue weighted by Crippen LogP contribution is 2.69. The summed E-state index contributed by atoms with van der Waals surface area (Å²) >= 11 is 0. The van der Waals surface area contributed by atoms with Gasteiger partial charge < -0.3 is 0 Å². The number of hydrogen-bond acceptors (Lipinski definition) is 4. The monoisotopic (exact) mass is 1040 g/mol. The Morgan fingerprint density at radius 1 is 0.446 bits per heavy atom. The zero-order valence-corrected chi connectivity index (χ0v) is 49.9. The van der Waals surface area contributed by atoms with Crippen molar-refractivity contribution in [1.29, 1.82) is 0 Å². The summed E-state index contributed by atoms with van der Waals surface area (Å²) in [6, 6.07) is 28.2. The van der Waals surface area contributed by atoms with Crippen molar-refractivity contribution in [2.45, 2.75) is 232 Å². The van der Waals surface area contributed by atoms with Gasteiger partial charge in [-0.15, -0.1) is 0 Å². The molecule has 0 radical (unpaired) electrons. The third kappa shape index (κ3) is 10.2.